The number of hydrogen-bond acceptors (Lipinski definition) is 4. The van der Waals surface area contributed by atoms with Crippen molar-refractivity contribution in [2.75, 3.05) is 39.4 Å². The number of carbonyl (C=O) groups is 1. The first-order valence-corrected chi connectivity index (χ1v) is 7.42. The second-order valence-corrected chi connectivity index (χ2v) is 7.48. The molecule has 1 amide bonds. The zero-order valence-electron chi connectivity index (χ0n) is 13.4. The molecule has 0 radical (unpaired) electrons. The Kier molecular flexibility index (Phi) is 3.91. The molecule has 2 heterocycles. The van der Waals surface area contributed by atoms with Gasteiger partial charge in [-0.05, 0) is 20.8 Å². The van der Waals surface area contributed by atoms with Gasteiger partial charge in [-0.15, -0.1) is 0 Å². The number of rotatable bonds is 2. The number of hydrogen-bond donors (Lipinski definition) is 1. The molecule has 1 N–H and O–H groups in total. The number of nitrogens with zero attached hydrogens (tertiary/aromatic N) is 2. The zero-order chi connectivity index (χ0) is 15.2. The minimum absolute atomic E-state index is 0.102. The molecule has 2 aliphatic heterocycles. The van der Waals surface area contributed by atoms with E-state index in [-0.39, 0.29) is 11.3 Å². The highest BCUT2D eigenvalue weighted by Crippen LogP contribution is 2.39. The minimum Gasteiger partial charge on any atom is -0.388 e. The molecular weight excluding hydrogens is 256 g/mol. The lowest BCUT2D eigenvalue weighted by Gasteiger charge is -2.41. The number of amides is 1. The molecule has 1 atom stereocenters. The van der Waals surface area contributed by atoms with Gasteiger partial charge in [0.05, 0.1) is 24.4 Å². The summed E-state index contributed by atoms with van der Waals surface area (Å²) in [5.41, 5.74) is -1.65. The van der Waals surface area contributed by atoms with Crippen LogP contribution < -0.4 is 0 Å². The number of aliphatic hydroxyl groups is 1. The van der Waals surface area contributed by atoms with Gasteiger partial charge in [0, 0.05) is 31.6 Å². The molecule has 0 spiro atoms. The van der Waals surface area contributed by atoms with E-state index in [1.165, 1.54) is 0 Å². The Morgan fingerprint density at radius 1 is 1.15 bits per heavy atom. The molecule has 5 heteroatoms. The molecule has 0 aromatic rings. The van der Waals surface area contributed by atoms with Crippen molar-refractivity contribution in [3.05, 3.63) is 0 Å². The van der Waals surface area contributed by atoms with Crippen LogP contribution in [0.4, 0.5) is 0 Å². The van der Waals surface area contributed by atoms with Gasteiger partial charge in [0.1, 0.15) is 0 Å². The fourth-order valence-corrected chi connectivity index (χ4v) is 3.08. The van der Waals surface area contributed by atoms with Crippen molar-refractivity contribution in [3.63, 3.8) is 0 Å². The molecule has 2 rings (SSSR count). The van der Waals surface area contributed by atoms with Gasteiger partial charge in [-0.25, -0.2) is 0 Å². The summed E-state index contributed by atoms with van der Waals surface area (Å²) in [4.78, 5) is 16.9. The summed E-state index contributed by atoms with van der Waals surface area (Å²) in [6.45, 7) is 13.7. The quantitative estimate of drug-likeness (QED) is 0.812. The number of morpholine rings is 1. The van der Waals surface area contributed by atoms with E-state index < -0.39 is 11.1 Å². The summed E-state index contributed by atoms with van der Waals surface area (Å²) in [6.07, 6.45) is 0. The van der Waals surface area contributed by atoms with E-state index in [1.54, 1.807) is 0 Å². The summed E-state index contributed by atoms with van der Waals surface area (Å²) in [7, 11) is 0. The van der Waals surface area contributed by atoms with E-state index in [2.05, 4.69) is 4.90 Å². The third-order valence-corrected chi connectivity index (χ3v) is 5.16. The van der Waals surface area contributed by atoms with Crippen molar-refractivity contribution in [1.29, 1.82) is 0 Å². The van der Waals surface area contributed by atoms with Crippen molar-refractivity contribution in [3.8, 4) is 0 Å². The van der Waals surface area contributed by atoms with Crippen LogP contribution in [0.2, 0.25) is 0 Å². The molecule has 20 heavy (non-hydrogen) atoms. The molecule has 0 aromatic heterocycles. The van der Waals surface area contributed by atoms with Crippen LogP contribution in [0.5, 0.6) is 0 Å². The molecule has 2 fully saturated rings. The van der Waals surface area contributed by atoms with Gasteiger partial charge in [-0.3, -0.25) is 9.69 Å². The number of likely N-dealkylation sites (tertiary alicyclic amines) is 1. The summed E-state index contributed by atoms with van der Waals surface area (Å²) in [5, 5.41) is 10.5. The summed E-state index contributed by atoms with van der Waals surface area (Å²) in [6, 6.07) is 0. The SMILES string of the molecule is CC(C)(C(=O)N1CC(C)(C)[C@@](C)(O)C1)N1CCOCC1. The van der Waals surface area contributed by atoms with Crippen molar-refractivity contribution in [1.82, 2.24) is 9.80 Å². The van der Waals surface area contributed by atoms with Crippen LogP contribution in [0.3, 0.4) is 0 Å². The van der Waals surface area contributed by atoms with Crippen LogP contribution in [-0.4, -0.2) is 71.3 Å². The van der Waals surface area contributed by atoms with Crippen LogP contribution >= 0.6 is 0 Å². The molecule has 0 unspecified atom stereocenters. The Hall–Kier alpha value is -0.650. The smallest absolute Gasteiger partial charge is 0.242 e. The summed E-state index contributed by atoms with van der Waals surface area (Å²) < 4.78 is 5.36. The normalized spacial score (nSPS) is 31.6. The van der Waals surface area contributed by atoms with E-state index >= 15 is 0 Å². The van der Waals surface area contributed by atoms with E-state index in [1.807, 2.05) is 39.5 Å². The van der Waals surface area contributed by atoms with Crippen LogP contribution in [0, 0.1) is 5.41 Å². The standard InChI is InChI=1S/C15H28N2O3/c1-13(2)10-16(11-15(13,5)19)12(18)14(3,4)17-6-8-20-9-7-17/h19H,6-11H2,1-5H3/t15-/m0/s1. The van der Waals surface area contributed by atoms with Gasteiger partial charge in [0.15, 0.2) is 0 Å². The predicted molar refractivity (Wildman–Crippen MR) is 77.5 cm³/mol. The molecule has 0 aromatic carbocycles. The lowest BCUT2D eigenvalue weighted by atomic mass is 9.79. The first-order chi connectivity index (χ1) is 9.08. The monoisotopic (exact) mass is 284 g/mol. The van der Waals surface area contributed by atoms with Crippen LogP contribution in [-0.2, 0) is 9.53 Å². The Morgan fingerprint density at radius 3 is 2.15 bits per heavy atom. The molecule has 2 aliphatic rings. The molecular formula is C15H28N2O3. The number of ether oxygens (including phenoxy) is 1. The highest BCUT2D eigenvalue weighted by Gasteiger charge is 2.51. The molecule has 2 saturated heterocycles. The summed E-state index contributed by atoms with van der Waals surface area (Å²) in [5.74, 6) is 0.102. The van der Waals surface area contributed by atoms with Gasteiger partial charge in [-0.1, -0.05) is 13.8 Å². The predicted octanol–water partition coefficient (Wildman–Crippen LogP) is 0.717. The fourth-order valence-electron chi connectivity index (χ4n) is 3.08. The molecule has 0 saturated carbocycles. The molecule has 0 bridgehead atoms. The lowest BCUT2D eigenvalue weighted by molar-refractivity contribution is -0.145. The van der Waals surface area contributed by atoms with Crippen molar-refractivity contribution in [2.45, 2.75) is 45.8 Å². The van der Waals surface area contributed by atoms with E-state index in [4.69, 9.17) is 4.74 Å². The van der Waals surface area contributed by atoms with Gasteiger partial charge < -0.3 is 14.7 Å². The first kappa shape index (κ1) is 15.7. The average Bonchev–Trinajstić information content (AvgIpc) is 2.58. The Balaban J connectivity index is 2.11. The number of β-amino-alcohol motifs (C(OH)–C–C–N with tert-alkyl or cyclic N) is 1. The van der Waals surface area contributed by atoms with Crippen molar-refractivity contribution in [2.24, 2.45) is 5.41 Å². The van der Waals surface area contributed by atoms with Crippen LogP contribution in [0.15, 0.2) is 0 Å². The van der Waals surface area contributed by atoms with E-state index in [0.717, 1.165) is 13.1 Å². The van der Waals surface area contributed by atoms with Gasteiger partial charge in [-0.2, -0.15) is 0 Å². The Bertz CT molecular complexity index is 369. The van der Waals surface area contributed by atoms with Crippen molar-refractivity contribution < 1.29 is 14.6 Å². The fraction of sp³-hybridized carbons (Fsp3) is 0.933. The second kappa shape index (κ2) is 4.97. The average molecular weight is 284 g/mol. The highest BCUT2D eigenvalue weighted by atomic mass is 16.5. The van der Waals surface area contributed by atoms with Crippen molar-refractivity contribution >= 4 is 5.91 Å². The summed E-state index contributed by atoms with van der Waals surface area (Å²) >= 11 is 0. The van der Waals surface area contributed by atoms with Crippen LogP contribution in [0.25, 0.3) is 0 Å². The largest absolute Gasteiger partial charge is 0.388 e. The molecule has 5 nitrogen and oxygen atoms in total. The molecule has 116 valence electrons. The number of carbonyl (C=O) groups excluding carboxylic acids is 1. The van der Waals surface area contributed by atoms with Gasteiger partial charge in [0.2, 0.25) is 5.91 Å². The van der Waals surface area contributed by atoms with E-state index in [9.17, 15) is 9.90 Å². The Labute approximate surface area is 121 Å². The first-order valence-electron chi connectivity index (χ1n) is 7.42. The maximum atomic E-state index is 12.9. The third-order valence-electron chi connectivity index (χ3n) is 5.16. The van der Waals surface area contributed by atoms with Gasteiger partial charge >= 0.3 is 0 Å². The maximum Gasteiger partial charge on any atom is 0.242 e. The lowest BCUT2D eigenvalue weighted by Crippen LogP contribution is -2.58. The highest BCUT2D eigenvalue weighted by molar-refractivity contribution is 5.86. The van der Waals surface area contributed by atoms with E-state index in [0.29, 0.717) is 26.3 Å². The topological polar surface area (TPSA) is 53.0 Å². The molecule has 0 aliphatic carbocycles. The third kappa shape index (κ3) is 2.59. The zero-order valence-corrected chi connectivity index (χ0v) is 13.4. The Morgan fingerprint density at radius 2 is 1.70 bits per heavy atom. The second-order valence-electron chi connectivity index (χ2n) is 7.48. The maximum absolute atomic E-state index is 12.9. The van der Waals surface area contributed by atoms with Crippen LogP contribution in [0.1, 0.15) is 34.6 Å². The minimum atomic E-state index is -0.830. The van der Waals surface area contributed by atoms with Gasteiger partial charge in [0.25, 0.3) is 0 Å².